The molecule has 1 aliphatic heterocycles. The van der Waals surface area contributed by atoms with Crippen LogP contribution in [0.25, 0.3) is 0 Å². The van der Waals surface area contributed by atoms with Gasteiger partial charge in [0.05, 0.1) is 19.7 Å². The minimum absolute atomic E-state index is 0.231. The molecule has 0 aromatic heterocycles. The molecule has 0 bridgehead atoms. The molecule has 1 aromatic rings. The van der Waals surface area contributed by atoms with Crippen molar-refractivity contribution in [2.45, 2.75) is 57.2 Å². The molecule has 1 aliphatic carbocycles. The van der Waals surface area contributed by atoms with E-state index >= 15 is 0 Å². The average molecular weight is 402 g/mol. The Morgan fingerprint density at radius 1 is 1.21 bits per heavy atom. The highest BCUT2D eigenvalue weighted by atomic mass is 16.5. The van der Waals surface area contributed by atoms with Crippen molar-refractivity contribution in [1.29, 1.82) is 0 Å². The lowest BCUT2D eigenvalue weighted by atomic mass is 10.1. The first-order valence-corrected chi connectivity index (χ1v) is 11.2. The Kier molecular flexibility index (Phi) is 8.19. The second kappa shape index (κ2) is 10.8. The topological polar surface area (TPSA) is 52.1 Å². The Morgan fingerprint density at radius 3 is 2.55 bits per heavy atom. The number of guanidine groups is 1. The molecule has 162 valence electrons. The molecule has 2 aliphatic rings. The second-order valence-corrected chi connectivity index (χ2v) is 8.54. The summed E-state index contributed by atoms with van der Waals surface area (Å²) in [6.07, 6.45) is 6.78. The summed E-state index contributed by atoms with van der Waals surface area (Å²) in [5.41, 5.74) is 1.25. The summed E-state index contributed by atoms with van der Waals surface area (Å²) in [5.74, 6) is 1.82. The highest BCUT2D eigenvalue weighted by Gasteiger charge is 2.30. The molecule has 29 heavy (non-hydrogen) atoms. The fourth-order valence-corrected chi connectivity index (χ4v) is 4.59. The third-order valence-electron chi connectivity index (χ3n) is 6.29. The number of likely N-dealkylation sites (tertiary alicyclic amines) is 1. The van der Waals surface area contributed by atoms with Crippen LogP contribution in [0.2, 0.25) is 0 Å². The fourth-order valence-electron chi connectivity index (χ4n) is 4.59. The number of nitrogens with one attached hydrogen (secondary N) is 2. The average Bonchev–Trinajstić information content (AvgIpc) is 3.40. The quantitative estimate of drug-likeness (QED) is 0.518. The Hall–Kier alpha value is -1.79. The number of aliphatic imine (C=N–C) groups is 1. The van der Waals surface area contributed by atoms with Gasteiger partial charge in [-0.2, -0.15) is 0 Å². The first-order valence-electron chi connectivity index (χ1n) is 11.2. The van der Waals surface area contributed by atoms with Crippen molar-refractivity contribution in [1.82, 2.24) is 20.4 Å². The lowest BCUT2D eigenvalue weighted by Crippen LogP contribution is -2.45. The number of nitrogens with zero attached hydrogens (tertiary/aromatic N) is 3. The highest BCUT2D eigenvalue weighted by Crippen LogP contribution is 2.26. The van der Waals surface area contributed by atoms with E-state index in [0.29, 0.717) is 12.6 Å². The summed E-state index contributed by atoms with van der Waals surface area (Å²) in [4.78, 5) is 9.86. The summed E-state index contributed by atoms with van der Waals surface area (Å²) in [6, 6.07) is 9.85. The summed E-state index contributed by atoms with van der Waals surface area (Å²) in [5, 5.41) is 7.13. The molecule has 1 heterocycles. The first-order chi connectivity index (χ1) is 14.1. The fraction of sp³-hybridized carbons (Fsp3) is 0.696. The van der Waals surface area contributed by atoms with Gasteiger partial charge in [0, 0.05) is 31.7 Å². The van der Waals surface area contributed by atoms with Crippen molar-refractivity contribution in [2.24, 2.45) is 4.99 Å². The molecular weight excluding hydrogens is 362 g/mol. The van der Waals surface area contributed by atoms with Crippen LogP contribution in [-0.4, -0.2) is 75.2 Å². The zero-order valence-corrected chi connectivity index (χ0v) is 18.7. The van der Waals surface area contributed by atoms with Gasteiger partial charge in [0.15, 0.2) is 5.96 Å². The second-order valence-electron chi connectivity index (χ2n) is 8.54. The largest absolute Gasteiger partial charge is 0.497 e. The zero-order chi connectivity index (χ0) is 20.6. The Labute approximate surface area is 176 Å². The van der Waals surface area contributed by atoms with Gasteiger partial charge in [-0.3, -0.25) is 9.89 Å². The third-order valence-corrected chi connectivity index (χ3v) is 6.29. The van der Waals surface area contributed by atoms with Crippen molar-refractivity contribution >= 4 is 5.96 Å². The molecule has 6 heteroatoms. The van der Waals surface area contributed by atoms with Gasteiger partial charge >= 0.3 is 0 Å². The number of hydrogen-bond donors (Lipinski definition) is 2. The maximum Gasteiger partial charge on any atom is 0.191 e. The van der Waals surface area contributed by atoms with E-state index in [1.165, 1.54) is 44.2 Å². The van der Waals surface area contributed by atoms with Gasteiger partial charge < -0.3 is 20.3 Å². The number of likely N-dealkylation sites (N-methyl/N-ethyl adjacent to an activating group) is 1. The van der Waals surface area contributed by atoms with E-state index in [-0.39, 0.29) is 6.04 Å². The normalized spacial score (nSPS) is 22.2. The van der Waals surface area contributed by atoms with Crippen molar-refractivity contribution in [3.63, 3.8) is 0 Å². The van der Waals surface area contributed by atoms with Gasteiger partial charge in [-0.05, 0) is 58.0 Å². The summed E-state index contributed by atoms with van der Waals surface area (Å²) in [6.45, 7) is 6.08. The predicted molar refractivity (Wildman–Crippen MR) is 121 cm³/mol. The van der Waals surface area contributed by atoms with E-state index in [9.17, 15) is 0 Å². The van der Waals surface area contributed by atoms with Crippen LogP contribution in [-0.2, 0) is 0 Å². The molecule has 2 fully saturated rings. The van der Waals surface area contributed by atoms with E-state index in [4.69, 9.17) is 9.73 Å². The van der Waals surface area contributed by atoms with Crippen LogP contribution in [0, 0.1) is 0 Å². The molecular formula is C23H39N5O. The van der Waals surface area contributed by atoms with Crippen molar-refractivity contribution in [2.75, 3.05) is 47.4 Å². The van der Waals surface area contributed by atoms with Crippen molar-refractivity contribution in [3.8, 4) is 5.75 Å². The minimum Gasteiger partial charge on any atom is -0.497 e. The molecule has 2 unspecified atom stereocenters. The van der Waals surface area contributed by atoms with Crippen LogP contribution in [0.1, 0.15) is 50.6 Å². The van der Waals surface area contributed by atoms with Crippen LogP contribution in [0.5, 0.6) is 5.75 Å². The van der Waals surface area contributed by atoms with Gasteiger partial charge in [0.25, 0.3) is 0 Å². The molecule has 3 rings (SSSR count). The van der Waals surface area contributed by atoms with Crippen LogP contribution in [0.15, 0.2) is 29.3 Å². The maximum atomic E-state index is 5.29. The number of hydrogen-bond acceptors (Lipinski definition) is 4. The standard InChI is InChI=1S/C23H39N5O/c1-5-24-23(26-19-14-15-28(17-19)20-8-6-7-9-20)25-16-22(27(2)3)18-10-12-21(29-4)13-11-18/h10-13,19-20,22H,5-9,14-17H2,1-4H3,(H2,24,25,26). The lowest BCUT2D eigenvalue weighted by molar-refractivity contribution is 0.242. The van der Waals surface area contributed by atoms with Crippen LogP contribution in [0.3, 0.4) is 0 Å². The third kappa shape index (κ3) is 6.09. The van der Waals surface area contributed by atoms with Gasteiger partial charge in [-0.15, -0.1) is 0 Å². The minimum atomic E-state index is 0.231. The monoisotopic (exact) mass is 401 g/mol. The van der Waals surface area contributed by atoms with Crippen LogP contribution >= 0.6 is 0 Å². The van der Waals surface area contributed by atoms with Gasteiger partial charge in [-0.1, -0.05) is 25.0 Å². The van der Waals surface area contributed by atoms with E-state index in [0.717, 1.165) is 30.8 Å². The SMILES string of the molecule is CCNC(=NCC(c1ccc(OC)cc1)N(C)C)NC1CCN(C2CCCC2)C1. The first kappa shape index (κ1) is 21.9. The van der Waals surface area contributed by atoms with Gasteiger partial charge in [-0.25, -0.2) is 0 Å². The zero-order valence-electron chi connectivity index (χ0n) is 18.7. The maximum absolute atomic E-state index is 5.29. The van der Waals surface area contributed by atoms with Crippen LogP contribution in [0.4, 0.5) is 0 Å². The summed E-state index contributed by atoms with van der Waals surface area (Å²) >= 11 is 0. The predicted octanol–water partition coefficient (Wildman–Crippen LogP) is 2.87. The number of benzene rings is 1. The van der Waals surface area contributed by atoms with E-state index in [1.54, 1.807) is 7.11 Å². The highest BCUT2D eigenvalue weighted by molar-refractivity contribution is 5.80. The molecule has 6 nitrogen and oxygen atoms in total. The number of ether oxygens (including phenoxy) is 1. The van der Waals surface area contributed by atoms with E-state index < -0.39 is 0 Å². The smallest absolute Gasteiger partial charge is 0.191 e. The molecule has 2 N–H and O–H groups in total. The Morgan fingerprint density at radius 2 is 1.93 bits per heavy atom. The Bertz CT molecular complexity index is 639. The van der Waals surface area contributed by atoms with E-state index in [2.05, 4.69) is 53.6 Å². The molecule has 2 atom stereocenters. The molecule has 0 radical (unpaired) electrons. The van der Waals surface area contributed by atoms with Gasteiger partial charge in [0.2, 0.25) is 0 Å². The molecule has 1 saturated carbocycles. The molecule has 0 spiro atoms. The molecule has 1 saturated heterocycles. The molecule has 1 aromatic carbocycles. The van der Waals surface area contributed by atoms with Gasteiger partial charge in [0.1, 0.15) is 5.75 Å². The Balaban J connectivity index is 1.60. The molecule has 0 amide bonds. The van der Waals surface area contributed by atoms with Crippen molar-refractivity contribution in [3.05, 3.63) is 29.8 Å². The van der Waals surface area contributed by atoms with Crippen molar-refractivity contribution < 1.29 is 4.74 Å². The van der Waals surface area contributed by atoms with Crippen LogP contribution < -0.4 is 15.4 Å². The summed E-state index contributed by atoms with van der Waals surface area (Å²) in [7, 11) is 5.93. The number of methoxy groups -OCH3 is 1. The number of rotatable bonds is 8. The van der Waals surface area contributed by atoms with E-state index in [1.807, 2.05) is 12.1 Å². The summed E-state index contributed by atoms with van der Waals surface area (Å²) < 4.78 is 5.29. The lowest BCUT2D eigenvalue weighted by Gasteiger charge is -2.25.